The summed E-state index contributed by atoms with van der Waals surface area (Å²) in [5, 5.41) is 10.7. The molecule has 1 aliphatic carbocycles. The van der Waals surface area contributed by atoms with Crippen molar-refractivity contribution in [1.29, 1.82) is 0 Å². The molecule has 2 aliphatic rings. The highest BCUT2D eigenvalue weighted by atomic mass is 35.5. The van der Waals surface area contributed by atoms with Crippen LogP contribution in [0, 0.1) is 0 Å². The SMILES string of the molecule is CC[C@@H]1C(C(=O)N(Cc2cccc(Cl)c2Cl)C2CC2)=C(c2ccc(O)cc2)CCN1C(=O)OC(C)(C)C. The van der Waals surface area contributed by atoms with Crippen molar-refractivity contribution in [3.05, 3.63) is 69.2 Å². The Bertz CT molecular complexity index is 1200. The summed E-state index contributed by atoms with van der Waals surface area (Å²) >= 11 is 12.8. The quantitative estimate of drug-likeness (QED) is 0.422. The molecule has 1 N–H and O–H groups in total. The van der Waals surface area contributed by atoms with Gasteiger partial charge in [-0.3, -0.25) is 4.79 Å². The lowest BCUT2D eigenvalue weighted by atomic mass is 9.86. The van der Waals surface area contributed by atoms with E-state index >= 15 is 0 Å². The number of phenolic OH excluding ortho intramolecular Hbond substituents is 1. The fraction of sp³-hybridized carbons (Fsp3) is 0.448. The number of nitrogens with zero attached hydrogens (tertiary/aromatic N) is 2. The Morgan fingerprint density at radius 1 is 1.11 bits per heavy atom. The topological polar surface area (TPSA) is 70.1 Å². The highest BCUT2D eigenvalue weighted by molar-refractivity contribution is 6.42. The molecule has 2 aromatic carbocycles. The Morgan fingerprint density at radius 2 is 1.78 bits per heavy atom. The van der Waals surface area contributed by atoms with Gasteiger partial charge in [0.2, 0.25) is 0 Å². The molecular formula is C29H34Cl2N2O4. The number of carbonyl (C=O) groups excluding carboxylic acids is 2. The summed E-state index contributed by atoms with van der Waals surface area (Å²) in [6.45, 7) is 8.25. The van der Waals surface area contributed by atoms with E-state index in [0.29, 0.717) is 41.5 Å². The monoisotopic (exact) mass is 544 g/mol. The highest BCUT2D eigenvalue weighted by Gasteiger charge is 2.42. The predicted molar refractivity (Wildman–Crippen MR) is 147 cm³/mol. The van der Waals surface area contributed by atoms with Crippen LogP contribution in [-0.2, 0) is 16.1 Å². The van der Waals surface area contributed by atoms with Crippen molar-refractivity contribution in [1.82, 2.24) is 9.80 Å². The van der Waals surface area contributed by atoms with Crippen molar-refractivity contribution in [2.24, 2.45) is 0 Å². The van der Waals surface area contributed by atoms with Crippen LogP contribution < -0.4 is 0 Å². The second kappa shape index (κ2) is 11.0. The van der Waals surface area contributed by atoms with Gasteiger partial charge in [-0.1, -0.05) is 54.4 Å². The van der Waals surface area contributed by atoms with Gasteiger partial charge in [0, 0.05) is 24.7 Å². The van der Waals surface area contributed by atoms with Crippen molar-refractivity contribution in [3.63, 3.8) is 0 Å². The summed E-state index contributed by atoms with van der Waals surface area (Å²) in [5.74, 6) is 0.0485. The minimum atomic E-state index is -0.649. The minimum absolute atomic E-state index is 0.102. The van der Waals surface area contributed by atoms with Gasteiger partial charge in [0.1, 0.15) is 11.4 Å². The third-order valence-electron chi connectivity index (χ3n) is 6.72. The highest BCUT2D eigenvalue weighted by Crippen LogP contribution is 2.39. The Kier molecular flexibility index (Phi) is 8.10. The first-order valence-corrected chi connectivity index (χ1v) is 13.5. The largest absolute Gasteiger partial charge is 0.508 e. The molecule has 1 atom stereocenters. The molecule has 37 heavy (non-hydrogen) atoms. The summed E-state index contributed by atoms with van der Waals surface area (Å²) in [4.78, 5) is 31.2. The lowest BCUT2D eigenvalue weighted by molar-refractivity contribution is -0.129. The Hall–Kier alpha value is -2.70. The van der Waals surface area contributed by atoms with E-state index in [-0.39, 0.29) is 17.7 Å². The lowest BCUT2D eigenvalue weighted by Gasteiger charge is -2.40. The summed E-state index contributed by atoms with van der Waals surface area (Å²) in [6, 6.07) is 12.0. The van der Waals surface area contributed by atoms with Crippen LogP contribution in [0.15, 0.2) is 48.0 Å². The molecule has 8 heteroatoms. The Balaban J connectivity index is 1.78. The van der Waals surface area contributed by atoms with Crippen LogP contribution in [-0.4, -0.2) is 51.1 Å². The van der Waals surface area contributed by atoms with Crippen molar-refractivity contribution in [2.75, 3.05) is 6.54 Å². The van der Waals surface area contributed by atoms with Crippen LogP contribution in [0.1, 0.15) is 64.5 Å². The number of aromatic hydroxyl groups is 1. The molecule has 0 bridgehead atoms. The molecule has 6 nitrogen and oxygen atoms in total. The van der Waals surface area contributed by atoms with Gasteiger partial charge in [-0.2, -0.15) is 0 Å². The molecule has 0 aromatic heterocycles. The van der Waals surface area contributed by atoms with E-state index < -0.39 is 17.7 Å². The van der Waals surface area contributed by atoms with Crippen LogP contribution in [0.3, 0.4) is 0 Å². The maximum absolute atomic E-state index is 14.4. The van der Waals surface area contributed by atoms with E-state index in [0.717, 1.165) is 29.5 Å². The van der Waals surface area contributed by atoms with E-state index in [1.54, 1.807) is 23.1 Å². The Morgan fingerprint density at radius 3 is 2.38 bits per heavy atom. The molecule has 0 spiro atoms. The van der Waals surface area contributed by atoms with Crippen LogP contribution in [0.25, 0.3) is 5.57 Å². The Labute approximate surface area is 228 Å². The fourth-order valence-electron chi connectivity index (χ4n) is 4.84. The first kappa shape index (κ1) is 27.3. The number of phenols is 1. The first-order chi connectivity index (χ1) is 17.5. The standard InChI is InChI=1S/C29H34Cl2N2O4/c1-5-24-25(27(35)33(20-11-12-20)17-19-7-6-8-23(30)26(19)31)22(18-9-13-21(34)14-10-18)15-16-32(24)28(36)37-29(2,3)4/h6-10,13-14,20,24,34H,5,11-12,15-17H2,1-4H3/t24-/m1/s1. The van der Waals surface area contributed by atoms with Crippen LogP contribution in [0.5, 0.6) is 5.75 Å². The second-order valence-electron chi connectivity index (χ2n) is 10.7. The van der Waals surface area contributed by atoms with Crippen LogP contribution >= 0.6 is 23.2 Å². The first-order valence-electron chi connectivity index (χ1n) is 12.8. The van der Waals surface area contributed by atoms with Crippen molar-refractivity contribution >= 4 is 40.8 Å². The van der Waals surface area contributed by atoms with Gasteiger partial charge < -0.3 is 19.6 Å². The van der Waals surface area contributed by atoms with E-state index in [4.69, 9.17) is 27.9 Å². The maximum Gasteiger partial charge on any atom is 0.410 e. The molecule has 0 radical (unpaired) electrons. The molecule has 1 fully saturated rings. The third kappa shape index (κ3) is 6.24. The molecule has 1 saturated carbocycles. The number of rotatable bonds is 6. The zero-order valence-electron chi connectivity index (χ0n) is 21.8. The zero-order valence-corrected chi connectivity index (χ0v) is 23.3. The average Bonchev–Trinajstić information content (AvgIpc) is 3.68. The van der Waals surface area contributed by atoms with Gasteiger partial charge in [0.15, 0.2) is 0 Å². The normalized spacial score (nSPS) is 18.1. The molecule has 1 aliphatic heterocycles. The number of hydrogen-bond acceptors (Lipinski definition) is 4. The number of hydrogen-bond donors (Lipinski definition) is 1. The number of halogens is 2. The summed E-state index contributed by atoms with van der Waals surface area (Å²) in [6.07, 6.45) is 2.46. The smallest absolute Gasteiger partial charge is 0.410 e. The summed E-state index contributed by atoms with van der Waals surface area (Å²) in [5.41, 5.74) is 2.48. The van der Waals surface area contributed by atoms with Crippen molar-refractivity contribution in [2.45, 2.75) is 77.6 Å². The van der Waals surface area contributed by atoms with Gasteiger partial charge in [-0.05, 0) is 81.4 Å². The fourth-order valence-corrected chi connectivity index (χ4v) is 5.22. The molecule has 0 unspecified atom stereocenters. The van der Waals surface area contributed by atoms with Gasteiger partial charge in [0.25, 0.3) is 5.91 Å². The van der Waals surface area contributed by atoms with E-state index in [1.807, 2.05) is 56.9 Å². The molecule has 1 heterocycles. The molecule has 2 amide bonds. The molecular weight excluding hydrogens is 511 g/mol. The van der Waals surface area contributed by atoms with Gasteiger partial charge in [-0.25, -0.2) is 4.79 Å². The van der Waals surface area contributed by atoms with Crippen LogP contribution in [0.4, 0.5) is 4.79 Å². The third-order valence-corrected chi connectivity index (χ3v) is 7.58. The van der Waals surface area contributed by atoms with Crippen molar-refractivity contribution < 1.29 is 19.4 Å². The average molecular weight is 546 g/mol. The molecule has 198 valence electrons. The summed E-state index contributed by atoms with van der Waals surface area (Å²) < 4.78 is 5.71. The van der Waals surface area contributed by atoms with Gasteiger partial charge in [0.05, 0.1) is 16.1 Å². The number of amides is 2. The number of carbonyl (C=O) groups is 2. The van der Waals surface area contributed by atoms with Crippen molar-refractivity contribution in [3.8, 4) is 5.75 Å². The van der Waals surface area contributed by atoms with E-state index in [1.165, 1.54) is 0 Å². The van der Waals surface area contributed by atoms with E-state index in [9.17, 15) is 14.7 Å². The van der Waals surface area contributed by atoms with Gasteiger partial charge >= 0.3 is 6.09 Å². The lowest BCUT2D eigenvalue weighted by Crippen LogP contribution is -2.50. The number of benzene rings is 2. The zero-order chi connectivity index (χ0) is 26.9. The second-order valence-corrected chi connectivity index (χ2v) is 11.4. The molecule has 2 aromatic rings. The predicted octanol–water partition coefficient (Wildman–Crippen LogP) is 7.06. The number of ether oxygens (including phenoxy) is 1. The van der Waals surface area contributed by atoms with Gasteiger partial charge in [-0.15, -0.1) is 0 Å². The molecule has 4 rings (SSSR count). The summed E-state index contributed by atoms with van der Waals surface area (Å²) in [7, 11) is 0. The van der Waals surface area contributed by atoms with Crippen LogP contribution in [0.2, 0.25) is 10.0 Å². The van der Waals surface area contributed by atoms with E-state index in [2.05, 4.69) is 0 Å². The maximum atomic E-state index is 14.4. The minimum Gasteiger partial charge on any atom is -0.508 e. The molecule has 0 saturated heterocycles.